The van der Waals surface area contributed by atoms with Crippen LogP contribution in [0.25, 0.3) is 0 Å². The number of fused-ring (bicyclic) bond motifs is 1. The van der Waals surface area contributed by atoms with Crippen LogP contribution in [0.2, 0.25) is 0 Å². The minimum atomic E-state index is 0.0278. The molecule has 1 aliphatic heterocycles. The summed E-state index contributed by atoms with van der Waals surface area (Å²) in [6, 6.07) is 3.99. The molecule has 2 aromatic rings. The van der Waals surface area contributed by atoms with Crippen molar-refractivity contribution in [2.45, 2.75) is 32.7 Å². The van der Waals surface area contributed by atoms with Gasteiger partial charge < -0.3 is 4.90 Å². The number of aromatic nitrogens is 2. The van der Waals surface area contributed by atoms with E-state index in [9.17, 15) is 4.79 Å². The van der Waals surface area contributed by atoms with E-state index in [1.54, 1.807) is 11.3 Å². The lowest BCUT2D eigenvalue weighted by molar-refractivity contribution is 0.0730. The third-order valence-corrected chi connectivity index (χ3v) is 4.56. The molecule has 0 spiro atoms. The second-order valence-electron chi connectivity index (χ2n) is 5.21. The molecular weight excluding hydrogens is 258 g/mol. The predicted molar refractivity (Wildman–Crippen MR) is 75.4 cm³/mol. The number of hydrogen-bond donors (Lipinski definition) is 1. The maximum absolute atomic E-state index is 12.4. The molecule has 3 rings (SSSR count). The van der Waals surface area contributed by atoms with Crippen molar-refractivity contribution in [2.75, 3.05) is 6.54 Å². The second kappa shape index (κ2) is 4.81. The number of thiophene rings is 1. The van der Waals surface area contributed by atoms with Crippen molar-refractivity contribution in [1.82, 2.24) is 15.1 Å². The summed E-state index contributed by atoms with van der Waals surface area (Å²) in [7, 11) is 0. The van der Waals surface area contributed by atoms with Crippen molar-refractivity contribution in [3.05, 3.63) is 39.3 Å². The van der Waals surface area contributed by atoms with Gasteiger partial charge in [-0.05, 0) is 35.4 Å². The summed E-state index contributed by atoms with van der Waals surface area (Å²) in [6.45, 7) is 5.67. The van der Waals surface area contributed by atoms with E-state index in [2.05, 4.69) is 35.5 Å². The summed E-state index contributed by atoms with van der Waals surface area (Å²) in [5.74, 6) is 0.388. The number of nitrogens with one attached hydrogen (secondary N) is 1. The number of carbonyl (C=O) groups excluding carboxylic acids is 1. The maximum atomic E-state index is 12.4. The van der Waals surface area contributed by atoms with E-state index in [-0.39, 0.29) is 5.91 Å². The van der Waals surface area contributed by atoms with Gasteiger partial charge in [-0.3, -0.25) is 9.89 Å². The Bertz CT molecular complexity index is 599. The van der Waals surface area contributed by atoms with Crippen LogP contribution in [0.4, 0.5) is 0 Å². The van der Waals surface area contributed by atoms with Crippen LogP contribution in [0.5, 0.6) is 0 Å². The van der Waals surface area contributed by atoms with Gasteiger partial charge in [-0.25, -0.2) is 0 Å². The number of aromatic amines is 1. The number of amides is 1. The van der Waals surface area contributed by atoms with Gasteiger partial charge in [-0.2, -0.15) is 5.10 Å². The molecule has 0 radical (unpaired) electrons. The molecule has 1 amide bonds. The fourth-order valence-electron chi connectivity index (χ4n) is 2.33. The zero-order chi connectivity index (χ0) is 13.4. The molecule has 4 nitrogen and oxygen atoms in total. The first-order chi connectivity index (χ1) is 9.15. The SMILES string of the molecule is CC(C)c1cc(C(=O)N2CCc3sccc3C2)n[nH]1. The van der Waals surface area contributed by atoms with E-state index >= 15 is 0 Å². The van der Waals surface area contributed by atoms with Crippen LogP contribution in [0, 0.1) is 0 Å². The highest BCUT2D eigenvalue weighted by molar-refractivity contribution is 7.10. The van der Waals surface area contributed by atoms with E-state index in [0.717, 1.165) is 18.7 Å². The lowest BCUT2D eigenvalue weighted by Gasteiger charge is -2.26. The maximum Gasteiger partial charge on any atom is 0.274 e. The summed E-state index contributed by atoms with van der Waals surface area (Å²) in [5, 5.41) is 9.19. The molecule has 0 saturated carbocycles. The Morgan fingerprint density at radius 2 is 2.37 bits per heavy atom. The minimum Gasteiger partial charge on any atom is -0.333 e. The first kappa shape index (κ1) is 12.4. The third-order valence-electron chi connectivity index (χ3n) is 3.53. The molecule has 0 unspecified atom stereocenters. The van der Waals surface area contributed by atoms with Gasteiger partial charge in [0, 0.05) is 23.7 Å². The molecule has 3 heterocycles. The molecule has 0 fully saturated rings. The van der Waals surface area contributed by atoms with Crippen LogP contribution in [0.3, 0.4) is 0 Å². The van der Waals surface area contributed by atoms with Crippen LogP contribution < -0.4 is 0 Å². The predicted octanol–water partition coefficient (Wildman–Crippen LogP) is 2.79. The summed E-state index contributed by atoms with van der Waals surface area (Å²) in [4.78, 5) is 15.7. The van der Waals surface area contributed by atoms with Crippen molar-refractivity contribution in [2.24, 2.45) is 0 Å². The second-order valence-corrected chi connectivity index (χ2v) is 6.21. The zero-order valence-electron chi connectivity index (χ0n) is 11.1. The van der Waals surface area contributed by atoms with Crippen molar-refractivity contribution in [3.63, 3.8) is 0 Å². The van der Waals surface area contributed by atoms with Gasteiger partial charge in [0.05, 0.1) is 0 Å². The molecule has 1 aliphatic rings. The molecule has 5 heteroatoms. The minimum absolute atomic E-state index is 0.0278. The number of H-pyrrole nitrogens is 1. The molecule has 0 atom stereocenters. The van der Waals surface area contributed by atoms with Crippen LogP contribution in [-0.4, -0.2) is 27.5 Å². The van der Waals surface area contributed by atoms with Crippen molar-refractivity contribution >= 4 is 17.2 Å². The molecule has 1 N–H and O–H groups in total. The average molecular weight is 275 g/mol. The molecule has 0 aliphatic carbocycles. The third kappa shape index (κ3) is 2.30. The van der Waals surface area contributed by atoms with Crippen LogP contribution in [0.1, 0.15) is 46.4 Å². The van der Waals surface area contributed by atoms with E-state index in [4.69, 9.17) is 0 Å². The molecule has 0 aromatic carbocycles. The molecule has 19 heavy (non-hydrogen) atoms. The Morgan fingerprint density at radius 1 is 1.53 bits per heavy atom. The summed E-state index contributed by atoms with van der Waals surface area (Å²) in [6.07, 6.45) is 0.959. The Labute approximate surface area is 116 Å². The Hall–Kier alpha value is -1.62. The van der Waals surface area contributed by atoms with Crippen molar-refractivity contribution in [1.29, 1.82) is 0 Å². The summed E-state index contributed by atoms with van der Waals surface area (Å²) >= 11 is 1.78. The lowest BCUT2D eigenvalue weighted by Crippen LogP contribution is -2.35. The summed E-state index contributed by atoms with van der Waals surface area (Å²) in [5.41, 5.74) is 2.82. The molecule has 100 valence electrons. The van der Waals surface area contributed by atoms with E-state index < -0.39 is 0 Å². The first-order valence-corrected chi connectivity index (χ1v) is 7.43. The topological polar surface area (TPSA) is 49.0 Å². The fourth-order valence-corrected chi connectivity index (χ4v) is 3.22. The van der Waals surface area contributed by atoms with Crippen molar-refractivity contribution < 1.29 is 4.79 Å². The highest BCUT2D eigenvalue weighted by Gasteiger charge is 2.24. The Kier molecular flexibility index (Phi) is 3.14. The standard InChI is InChI=1S/C14H17N3OS/c1-9(2)11-7-12(16-15-11)14(18)17-5-3-13-10(8-17)4-6-19-13/h4,6-7,9H,3,5,8H2,1-2H3,(H,15,16). The smallest absolute Gasteiger partial charge is 0.274 e. The van der Waals surface area contributed by atoms with Gasteiger partial charge in [-0.1, -0.05) is 13.8 Å². The number of hydrogen-bond acceptors (Lipinski definition) is 3. The summed E-state index contributed by atoms with van der Waals surface area (Å²) < 4.78 is 0. The average Bonchev–Trinajstić information content (AvgIpc) is 3.06. The normalized spacial score (nSPS) is 14.8. The van der Waals surface area contributed by atoms with Gasteiger partial charge >= 0.3 is 0 Å². The zero-order valence-corrected chi connectivity index (χ0v) is 12.0. The Balaban J connectivity index is 1.77. The molecular formula is C14H17N3OS. The fraction of sp³-hybridized carbons (Fsp3) is 0.429. The lowest BCUT2D eigenvalue weighted by atomic mass is 10.1. The van der Waals surface area contributed by atoms with Gasteiger partial charge in [0.15, 0.2) is 0 Å². The van der Waals surface area contributed by atoms with Crippen LogP contribution in [-0.2, 0) is 13.0 Å². The van der Waals surface area contributed by atoms with Crippen molar-refractivity contribution in [3.8, 4) is 0 Å². The Morgan fingerprint density at radius 3 is 3.11 bits per heavy atom. The van der Waals surface area contributed by atoms with Gasteiger partial charge in [0.2, 0.25) is 0 Å². The van der Waals surface area contributed by atoms with Gasteiger partial charge in [-0.15, -0.1) is 11.3 Å². The van der Waals surface area contributed by atoms with E-state index in [1.165, 1.54) is 10.4 Å². The van der Waals surface area contributed by atoms with E-state index in [1.807, 2.05) is 11.0 Å². The highest BCUT2D eigenvalue weighted by Crippen LogP contribution is 2.25. The quantitative estimate of drug-likeness (QED) is 0.916. The monoisotopic (exact) mass is 275 g/mol. The van der Waals surface area contributed by atoms with Gasteiger partial charge in [0.25, 0.3) is 5.91 Å². The number of nitrogens with zero attached hydrogens (tertiary/aromatic N) is 2. The highest BCUT2D eigenvalue weighted by atomic mass is 32.1. The van der Waals surface area contributed by atoms with Gasteiger partial charge in [0.1, 0.15) is 5.69 Å². The first-order valence-electron chi connectivity index (χ1n) is 6.55. The molecule has 2 aromatic heterocycles. The molecule has 0 bridgehead atoms. The number of carbonyl (C=O) groups is 1. The van der Waals surface area contributed by atoms with Crippen LogP contribution in [0.15, 0.2) is 17.5 Å². The van der Waals surface area contributed by atoms with Crippen LogP contribution >= 0.6 is 11.3 Å². The largest absolute Gasteiger partial charge is 0.333 e. The number of rotatable bonds is 2. The van der Waals surface area contributed by atoms with E-state index in [0.29, 0.717) is 18.2 Å². The molecule has 0 saturated heterocycles.